The first-order chi connectivity index (χ1) is 13.4. The second-order valence-electron chi connectivity index (χ2n) is 7.32. The molecule has 2 N–H and O–H groups in total. The van der Waals surface area contributed by atoms with Crippen LogP contribution in [0.2, 0.25) is 0 Å². The highest BCUT2D eigenvalue weighted by atomic mass is 19.1. The van der Waals surface area contributed by atoms with Crippen molar-refractivity contribution in [2.45, 2.75) is 26.8 Å². The number of amides is 2. The normalized spacial score (nSPS) is 17.1. The number of nitrogens with one attached hydrogen (secondary N) is 2. The first-order valence-corrected chi connectivity index (χ1v) is 9.31. The van der Waals surface area contributed by atoms with Gasteiger partial charge in [0.1, 0.15) is 17.6 Å². The molecule has 2 heterocycles. The Kier molecular flexibility index (Phi) is 4.41. The molecular formula is C22H22FN3O2. The Bertz CT molecular complexity index is 1090. The molecule has 2 aromatic carbocycles. The summed E-state index contributed by atoms with van der Waals surface area (Å²) in [5.74, 6) is -0.862. The molecule has 0 bridgehead atoms. The molecule has 6 heteroatoms. The van der Waals surface area contributed by atoms with Gasteiger partial charge >= 0.3 is 0 Å². The highest BCUT2D eigenvalue weighted by Crippen LogP contribution is 2.31. The zero-order valence-electron chi connectivity index (χ0n) is 16.1. The van der Waals surface area contributed by atoms with E-state index in [1.165, 1.54) is 12.1 Å². The molecule has 0 spiro atoms. The smallest absolute Gasteiger partial charge is 0.271 e. The summed E-state index contributed by atoms with van der Waals surface area (Å²) in [7, 11) is 0. The molecule has 0 aliphatic carbocycles. The predicted octanol–water partition coefficient (Wildman–Crippen LogP) is 3.55. The van der Waals surface area contributed by atoms with Crippen LogP contribution in [0.5, 0.6) is 0 Å². The summed E-state index contributed by atoms with van der Waals surface area (Å²) in [5, 5.41) is 3.85. The number of aryl methyl sites for hydroxylation is 3. The molecule has 144 valence electrons. The van der Waals surface area contributed by atoms with Crippen molar-refractivity contribution in [3.05, 3.63) is 70.2 Å². The zero-order chi connectivity index (χ0) is 20.0. The van der Waals surface area contributed by atoms with E-state index in [-0.39, 0.29) is 17.6 Å². The molecule has 3 aromatic rings. The number of hydrogen-bond acceptors (Lipinski definition) is 2. The van der Waals surface area contributed by atoms with E-state index >= 15 is 0 Å². The number of rotatable bonds is 2. The molecule has 4 rings (SSSR count). The van der Waals surface area contributed by atoms with Gasteiger partial charge in [0.25, 0.3) is 5.91 Å². The first kappa shape index (κ1) is 18.2. The number of aromatic amines is 1. The van der Waals surface area contributed by atoms with Gasteiger partial charge in [-0.1, -0.05) is 24.3 Å². The van der Waals surface area contributed by atoms with Gasteiger partial charge in [-0.05, 0) is 55.2 Å². The van der Waals surface area contributed by atoms with Crippen LogP contribution in [0.4, 0.5) is 4.39 Å². The van der Waals surface area contributed by atoms with Gasteiger partial charge < -0.3 is 15.2 Å². The van der Waals surface area contributed by atoms with Crippen molar-refractivity contribution in [3.63, 3.8) is 0 Å². The molecule has 0 radical (unpaired) electrons. The van der Waals surface area contributed by atoms with Crippen molar-refractivity contribution in [1.29, 1.82) is 0 Å². The van der Waals surface area contributed by atoms with Gasteiger partial charge in [0.15, 0.2) is 0 Å². The molecule has 1 unspecified atom stereocenters. The van der Waals surface area contributed by atoms with Gasteiger partial charge in [0, 0.05) is 24.0 Å². The lowest BCUT2D eigenvalue weighted by Gasteiger charge is -2.35. The zero-order valence-corrected chi connectivity index (χ0v) is 16.1. The maximum absolute atomic E-state index is 13.4. The molecule has 0 saturated carbocycles. The predicted molar refractivity (Wildman–Crippen MR) is 106 cm³/mol. The molecule has 1 aliphatic rings. The topological polar surface area (TPSA) is 65.2 Å². The molecule has 1 atom stereocenters. The molecule has 1 aliphatic heterocycles. The van der Waals surface area contributed by atoms with Crippen molar-refractivity contribution in [2.75, 3.05) is 13.1 Å². The van der Waals surface area contributed by atoms with E-state index in [4.69, 9.17) is 0 Å². The molecule has 5 nitrogen and oxygen atoms in total. The van der Waals surface area contributed by atoms with E-state index in [0.29, 0.717) is 24.3 Å². The van der Waals surface area contributed by atoms with Crippen LogP contribution < -0.4 is 5.32 Å². The van der Waals surface area contributed by atoms with Gasteiger partial charge in [-0.2, -0.15) is 0 Å². The number of carbonyl (C=O) groups excluding carboxylic acids is 2. The third-order valence-corrected chi connectivity index (χ3v) is 5.49. The number of H-pyrrole nitrogens is 1. The Morgan fingerprint density at radius 2 is 1.75 bits per heavy atom. The Labute approximate surface area is 162 Å². The van der Waals surface area contributed by atoms with Crippen LogP contribution in [0.15, 0.2) is 36.4 Å². The SMILES string of the molecule is Cc1ccc(C)c2c(C)c(C(=O)N3CCNC(=O)C3c3ccc(F)cc3)[nH]c12. The van der Waals surface area contributed by atoms with E-state index in [0.717, 1.165) is 27.6 Å². The number of hydrogen-bond donors (Lipinski definition) is 2. The summed E-state index contributed by atoms with van der Waals surface area (Å²) in [6, 6.07) is 9.01. The van der Waals surface area contributed by atoms with E-state index in [1.807, 2.05) is 32.9 Å². The molecule has 28 heavy (non-hydrogen) atoms. The van der Waals surface area contributed by atoms with Gasteiger partial charge in [-0.3, -0.25) is 9.59 Å². The third kappa shape index (κ3) is 2.85. The van der Waals surface area contributed by atoms with Crippen molar-refractivity contribution in [3.8, 4) is 0 Å². The van der Waals surface area contributed by atoms with E-state index in [9.17, 15) is 14.0 Å². The second kappa shape index (κ2) is 6.78. The number of halogens is 1. The van der Waals surface area contributed by atoms with Crippen molar-refractivity contribution in [2.24, 2.45) is 0 Å². The van der Waals surface area contributed by atoms with E-state index in [2.05, 4.69) is 10.3 Å². The average Bonchev–Trinajstić information content (AvgIpc) is 3.03. The number of benzene rings is 2. The number of carbonyl (C=O) groups is 2. The number of aromatic nitrogens is 1. The highest BCUT2D eigenvalue weighted by Gasteiger charge is 2.36. The van der Waals surface area contributed by atoms with Crippen LogP contribution in [0.3, 0.4) is 0 Å². The Balaban J connectivity index is 1.79. The average molecular weight is 379 g/mol. The van der Waals surface area contributed by atoms with Crippen LogP contribution in [0.25, 0.3) is 10.9 Å². The quantitative estimate of drug-likeness (QED) is 0.715. The van der Waals surface area contributed by atoms with Crippen LogP contribution >= 0.6 is 0 Å². The lowest BCUT2D eigenvalue weighted by Crippen LogP contribution is -2.52. The maximum Gasteiger partial charge on any atom is 0.271 e. The Morgan fingerprint density at radius 3 is 2.43 bits per heavy atom. The lowest BCUT2D eigenvalue weighted by atomic mass is 10.0. The lowest BCUT2D eigenvalue weighted by molar-refractivity contribution is -0.128. The van der Waals surface area contributed by atoms with Crippen molar-refractivity contribution in [1.82, 2.24) is 15.2 Å². The molecule has 1 fully saturated rings. The Hall–Kier alpha value is -3.15. The summed E-state index contributed by atoms with van der Waals surface area (Å²) in [5.41, 5.74) is 5.07. The minimum Gasteiger partial charge on any atom is -0.352 e. The van der Waals surface area contributed by atoms with Crippen LogP contribution in [-0.4, -0.2) is 34.8 Å². The number of fused-ring (bicyclic) bond motifs is 1. The largest absolute Gasteiger partial charge is 0.352 e. The van der Waals surface area contributed by atoms with Crippen LogP contribution in [-0.2, 0) is 4.79 Å². The Morgan fingerprint density at radius 1 is 1.07 bits per heavy atom. The van der Waals surface area contributed by atoms with E-state index in [1.54, 1.807) is 17.0 Å². The summed E-state index contributed by atoms with van der Waals surface area (Å²) >= 11 is 0. The van der Waals surface area contributed by atoms with Crippen molar-refractivity contribution >= 4 is 22.7 Å². The summed E-state index contributed by atoms with van der Waals surface area (Å²) in [6.45, 7) is 6.72. The first-order valence-electron chi connectivity index (χ1n) is 9.31. The molecule has 1 aromatic heterocycles. The fourth-order valence-corrected chi connectivity index (χ4v) is 4.02. The van der Waals surface area contributed by atoms with Crippen molar-refractivity contribution < 1.29 is 14.0 Å². The molecule has 1 saturated heterocycles. The molecular weight excluding hydrogens is 357 g/mol. The van der Waals surface area contributed by atoms with Gasteiger partial charge in [-0.25, -0.2) is 4.39 Å². The minimum absolute atomic E-state index is 0.225. The third-order valence-electron chi connectivity index (χ3n) is 5.49. The highest BCUT2D eigenvalue weighted by molar-refractivity contribution is 6.04. The van der Waals surface area contributed by atoms with Gasteiger partial charge in [-0.15, -0.1) is 0 Å². The van der Waals surface area contributed by atoms with Gasteiger partial charge in [0.05, 0.1) is 0 Å². The van der Waals surface area contributed by atoms with E-state index < -0.39 is 6.04 Å². The number of piperazine rings is 1. The summed E-state index contributed by atoms with van der Waals surface area (Å²) < 4.78 is 13.3. The standard InChI is InChI=1S/C22H22FN3O2/c1-12-4-5-13(2)18-17(12)14(3)19(25-18)22(28)26-11-10-24-21(27)20(26)15-6-8-16(23)9-7-15/h4-9,20,25H,10-11H2,1-3H3,(H,24,27). The molecule has 2 amide bonds. The van der Waals surface area contributed by atoms with Crippen LogP contribution in [0.1, 0.15) is 38.8 Å². The fraction of sp³-hybridized carbons (Fsp3) is 0.273. The summed E-state index contributed by atoms with van der Waals surface area (Å²) in [4.78, 5) is 30.9. The monoisotopic (exact) mass is 379 g/mol. The van der Waals surface area contributed by atoms with Crippen LogP contribution in [0, 0.1) is 26.6 Å². The summed E-state index contributed by atoms with van der Waals surface area (Å²) in [6.07, 6.45) is 0. The van der Waals surface area contributed by atoms with Gasteiger partial charge in [0.2, 0.25) is 5.91 Å². The maximum atomic E-state index is 13.4. The second-order valence-corrected chi connectivity index (χ2v) is 7.32. The minimum atomic E-state index is -0.783. The fourth-order valence-electron chi connectivity index (χ4n) is 4.02. The number of nitrogens with zero attached hydrogens (tertiary/aromatic N) is 1.